The van der Waals surface area contributed by atoms with Gasteiger partial charge < -0.3 is 9.84 Å². The Hall–Kier alpha value is -1.51. The van der Waals surface area contributed by atoms with Gasteiger partial charge >= 0.3 is 5.97 Å². The molecule has 0 amide bonds. The third kappa shape index (κ3) is 4.40. The van der Waals surface area contributed by atoms with Crippen molar-refractivity contribution in [2.75, 3.05) is 0 Å². The molecule has 18 heavy (non-hydrogen) atoms. The molecule has 0 spiro atoms. The minimum absolute atomic E-state index is 0.122. The molecule has 0 bridgehead atoms. The van der Waals surface area contributed by atoms with Crippen LogP contribution < -0.4 is 4.74 Å². The number of carbonyl (C=O) groups is 1. The van der Waals surface area contributed by atoms with Gasteiger partial charge in [-0.15, -0.1) is 0 Å². The largest absolute Gasteiger partial charge is 0.491 e. The minimum atomic E-state index is -0.736. The molecule has 0 heterocycles. The maximum absolute atomic E-state index is 11.2. The second-order valence-corrected chi connectivity index (χ2v) is 5.21. The fourth-order valence-electron chi connectivity index (χ4n) is 1.88. The molecule has 0 saturated carbocycles. The van der Waals surface area contributed by atoms with Crippen molar-refractivity contribution in [2.45, 2.75) is 40.2 Å². The second-order valence-electron chi connectivity index (χ2n) is 5.21. The third-order valence-electron chi connectivity index (χ3n) is 2.85. The normalized spacial score (nSPS) is 12.8. The first kappa shape index (κ1) is 14.6. The number of hydrogen-bond acceptors (Lipinski definition) is 2. The maximum Gasteiger partial charge on any atom is 0.307 e. The van der Waals surface area contributed by atoms with E-state index in [1.54, 1.807) is 0 Å². The van der Waals surface area contributed by atoms with Crippen molar-refractivity contribution in [3.8, 4) is 5.75 Å². The highest BCUT2D eigenvalue weighted by molar-refractivity contribution is 5.70. The first-order chi connectivity index (χ1) is 8.40. The number of hydrogen-bond donors (Lipinski definition) is 1. The molecule has 0 aliphatic carbocycles. The summed E-state index contributed by atoms with van der Waals surface area (Å²) >= 11 is 0. The minimum Gasteiger partial charge on any atom is -0.491 e. The monoisotopic (exact) mass is 250 g/mol. The summed E-state index contributed by atoms with van der Waals surface area (Å²) in [5.74, 6) is -0.160. The number of ether oxygens (including phenoxy) is 1. The summed E-state index contributed by atoms with van der Waals surface area (Å²) in [6.07, 6.45) is 0.670. The number of rotatable bonds is 6. The van der Waals surface area contributed by atoms with Crippen molar-refractivity contribution < 1.29 is 14.6 Å². The molecule has 1 aromatic rings. The van der Waals surface area contributed by atoms with Gasteiger partial charge in [-0.2, -0.15) is 0 Å². The van der Waals surface area contributed by atoms with Crippen LogP contribution in [0.25, 0.3) is 0 Å². The second kappa shape index (κ2) is 6.43. The van der Waals surface area contributed by atoms with Crippen LogP contribution in [0.15, 0.2) is 24.3 Å². The summed E-state index contributed by atoms with van der Waals surface area (Å²) in [6, 6.07) is 7.69. The SMILES string of the molecule is CC(C)Oc1cccc(CC(C(=O)O)C(C)C)c1. The van der Waals surface area contributed by atoms with Crippen molar-refractivity contribution in [1.29, 1.82) is 0 Å². The van der Waals surface area contributed by atoms with Crippen LogP contribution in [-0.2, 0) is 11.2 Å². The maximum atomic E-state index is 11.2. The number of benzene rings is 1. The molecule has 3 heteroatoms. The van der Waals surface area contributed by atoms with Crippen molar-refractivity contribution in [1.82, 2.24) is 0 Å². The Balaban J connectivity index is 2.80. The zero-order chi connectivity index (χ0) is 13.7. The van der Waals surface area contributed by atoms with E-state index in [4.69, 9.17) is 4.74 Å². The Morgan fingerprint density at radius 1 is 1.28 bits per heavy atom. The lowest BCUT2D eigenvalue weighted by Gasteiger charge is -2.17. The average molecular weight is 250 g/mol. The van der Waals surface area contributed by atoms with Crippen LogP contribution in [0.1, 0.15) is 33.3 Å². The first-order valence-corrected chi connectivity index (χ1v) is 6.38. The van der Waals surface area contributed by atoms with Crippen molar-refractivity contribution in [3.63, 3.8) is 0 Å². The Morgan fingerprint density at radius 3 is 2.44 bits per heavy atom. The fraction of sp³-hybridized carbons (Fsp3) is 0.533. The quantitative estimate of drug-likeness (QED) is 0.842. The highest BCUT2D eigenvalue weighted by atomic mass is 16.5. The Bertz CT molecular complexity index is 396. The molecule has 100 valence electrons. The van der Waals surface area contributed by atoms with E-state index in [1.165, 1.54) is 0 Å². The molecule has 0 fully saturated rings. The Morgan fingerprint density at radius 2 is 1.94 bits per heavy atom. The molecular weight excluding hydrogens is 228 g/mol. The van der Waals surface area contributed by atoms with Gasteiger partial charge in [0, 0.05) is 0 Å². The van der Waals surface area contributed by atoms with Gasteiger partial charge in [0.1, 0.15) is 5.75 Å². The lowest BCUT2D eigenvalue weighted by atomic mass is 9.89. The zero-order valence-corrected chi connectivity index (χ0v) is 11.5. The summed E-state index contributed by atoms with van der Waals surface area (Å²) in [7, 11) is 0. The van der Waals surface area contributed by atoms with Crippen LogP contribution in [-0.4, -0.2) is 17.2 Å². The molecule has 0 aliphatic rings. The van der Waals surface area contributed by atoms with Gasteiger partial charge in [-0.25, -0.2) is 0 Å². The van der Waals surface area contributed by atoms with E-state index in [9.17, 15) is 9.90 Å². The highest BCUT2D eigenvalue weighted by Crippen LogP contribution is 2.21. The number of carboxylic acids is 1. The van der Waals surface area contributed by atoms with E-state index >= 15 is 0 Å². The predicted octanol–water partition coefficient (Wildman–Crippen LogP) is 3.37. The third-order valence-corrected chi connectivity index (χ3v) is 2.85. The lowest BCUT2D eigenvalue weighted by molar-refractivity contribution is -0.143. The molecule has 3 nitrogen and oxygen atoms in total. The molecular formula is C15H22O3. The topological polar surface area (TPSA) is 46.5 Å². The van der Waals surface area contributed by atoms with Gasteiger partial charge in [0.05, 0.1) is 12.0 Å². The number of aliphatic carboxylic acids is 1. The first-order valence-electron chi connectivity index (χ1n) is 6.38. The Kier molecular flexibility index (Phi) is 5.20. The van der Waals surface area contributed by atoms with Gasteiger partial charge in [0.25, 0.3) is 0 Å². The highest BCUT2D eigenvalue weighted by Gasteiger charge is 2.21. The van der Waals surface area contributed by atoms with Crippen LogP contribution in [0.3, 0.4) is 0 Å². The molecule has 1 rings (SSSR count). The van der Waals surface area contributed by atoms with E-state index in [0.717, 1.165) is 11.3 Å². The van der Waals surface area contributed by atoms with E-state index in [-0.39, 0.29) is 17.9 Å². The van der Waals surface area contributed by atoms with Crippen molar-refractivity contribution in [2.24, 2.45) is 11.8 Å². The lowest BCUT2D eigenvalue weighted by Crippen LogP contribution is -2.22. The molecule has 1 atom stereocenters. The van der Waals surface area contributed by atoms with Gasteiger partial charge in [0.15, 0.2) is 0 Å². The summed E-state index contributed by atoms with van der Waals surface area (Å²) in [5.41, 5.74) is 1.01. The molecule has 1 aromatic carbocycles. The molecule has 0 aliphatic heterocycles. The smallest absolute Gasteiger partial charge is 0.307 e. The van der Waals surface area contributed by atoms with Crippen LogP contribution in [0.5, 0.6) is 5.75 Å². The van der Waals surface area contributed by atoms with Crippen LogP contribution in [0.4, 0.5) is 0 Å². The van der Waals surface area contributed by atoms with Gasteiger partial charge in [0.2, 0.25) is 0 Å². The molecule has 1 N–H and O–H groups in total. The molecule has 0 aromatic heterocycles. The van der Waals surface area contributed by atoms with Gasteiger partial charge in [-0.1, -0.05) is 26.0 Å². The van der Waals surface area contributed by atoms with Crippen LogP contribution in [0.2, 0.25) is 0 Å². The van der Waals surface area contributed by atoms with E-state index in [0.29, 0.717) is 6.42 Å². The molecule has 1 unspecified atom stereocenters. The van der Waals surface area contributed by atoms with E-state index in [2.05, 4.69) is 0 Å². The van der Waals surface area contributed by atoms with E-state index in [1.807, 2.05) is 52.0 Å². The van der Waals surface area contributed by atoms with Gasteiger partial charge in [-0.3, -0.25) is 4.79 Å². The summed E-state index contributed by atoms with van der Waals surface area (Å²) in [4.78, 5) is 11.2. The Labute approximate surface area is 109 Å². The van der Waals surface area contributed by atoms with Crippen molar-refractivity contribution >= 4 is 5.97 Å². The number of carboxylic acid groups (broad SMARTS) is 1. The summed E-state index contributed by atoms with van der Waals surface area (Å²) in [5, 5.41) is 9.19. The summed E-state index contributed by atoms with van der Waals surface area (Å²) in [6.45, 7) is 7.82. The van der Waals surface area contributed by atoms with Crippen LogP contribution >= 0.6 is 0 Å². The predicted molar refractivity (Wildman–Crippen MR) is 71.9 cm³/mol. The summed E-state index contributed by atoms with van der Waals surface area (Å²) < 4.78 is 5.61. The molecule has 0 radical (unpaired) electrons. The standard InChI is InChI=1S/C15H22O3/c1-10(2)14(15(16)17)9-12-6-5-7-13(8-12)18-11(3)4/h5-8,10-11,14H,9H2,1-4H3,(H,16,17). The van der Waals surface area contributed by atoms with Crippen molar-refractivity contribution in [3.05, 3.63) is 29.8 Å². The zero-order valence-electron chi connectivity index (χ0n) is 11.5. The molecule has 0 saturated heterocycles. The van der Waals surface area contributed by atoms with Gasteiger partial charge in [-0.05, 0) is 43.9 Å². The fourth-order valence-corrected chi connectivity index (χ4v) is 1.88. The van der Waals surface area contributed by atoms with Crippen LogP contribution in [0, 0.1) is 11.8 Å². The average Bonchev–Trinajstić information content (AvgIpc) is 2.24. The van der Waals surface area contributed by atoms with E-state index < -0.39 is 5.97 Å².